The maximum Gasteiger partial charge on any atom is 0.255 e. The fourth-order valence-corrected chi connectivity index (χ4v) is 8.07. The number of rotatable bonds is 12. The molecule has 17 heteroatoms. The summed E-state index contributed by atoms with van der Waals surface area (Å²) in [5.74, 6) is -1.83. The van der Waals surface area contributed by atoms with Gasteiger partial charge in [-0.15, -0.1) is 0 Å². The lowest BCUT2D eigenvalue weighted by Gasteiger charge is -2.38. The smallest absolute Gasteiger partial charge is 0.255 e. The summed E-state index contributed by atoms with van der Waals surface area (Å²) in [4.78, 5) is 77.5. The van der Waals surface area contributed by atoms with Gasteiger partial charge in [-0.1, -0.05) is 35.9 Å². The predicted molar refractivity (Wildman–Crippen MR) is 238 cm³/mol. The number of nitrogens with one attached hydrogen (secondary N) is 5. The number of aromatic nitrogens is 2. The Hall–Kier alpha value is -6.91. The molecule has 15 nitrogen and oxygen atoms in total. The summed E-state index contributed by atoms with van der Waals surface area (Å²) < 4.78 is 14.7. The lowest BCUT2D eigenvalue weighted by Crippen LogP contribution is -2.52. The molecule has 0 aliphatic carbocycles. The molecular formula is C46H46ClFN10O5. The highest BCUT2D eigenvalue weighted by molar-refractivity contribution is 6.33. The lowest BCUT2D eigenvalue weighted by atomic mass is 9.90. The Morgan fingerprint density at radius 3 is 2.08 bits per heavy atom. The molecule has 0 radical (unpaired) electrons. The highest BCUT2D eigenvalue weighted by Gasteiger charge is 2.29. The molecule has 3 aliphatic heterocycles. The number of para-hydroxylation sites is 1. The number of carbonyl (C=O) groups excluding carboxylic acids is 5. The Balaban J connectivity index is 0.751. The summed E-state index contributed by atoms with van der Waals surface area (Å²) in [6, 6.07) is 28.1. The maximum absolute atomic E-state index is 14.7. The topological polar surface area (TPSA) is 181 Å². The summed E-state index contributed by atoms with van der Waals surface area (Å²) in [5.41, 5.74) is 4.39. The summed E-state index contributed by atoms with van der Waals surface area (Å²) in [6.07, 6.45) is 3.36. The van der Waals surface area contributed by atoms with Crippen LogP contribution in [0.2, 0.25) is 5.02 Å². The van der Waals surface area contributed by atoms with E-state index in [4.69, 9.17) is 11.6 Å². The average Bonchev–Trinajstić information content (AvgIpc) is 3.29. The Morgan fingerprint density at radius 2 is 1.41 bits per heavy atom. The van der Waals surface area contributed by atoms with E-state index >= 15 is 0 Å². The number of amides is 5. The Morgan fingerprint density at radius 1 is 0.762 bits per heavy atom. The molecule has 3 saturated heterocycles. The van der Waals surface area contributed by atoms with Crippen molar-refractivity contribution in [3.63, 3.8) is 0 Å². The number of piperidine rings is 2. The van der Waals surface area contributed by atoms with Gasteiger partial charge < -0.3 is 31.1 Å². The van der Waals surface area contributed by atoms with Gasteiger partial charge in [0.1, 0.15) is 0 Å². The number of likely N-dealkylation sites (tertiary alicyclic amines) is 1. The summed E-state index contributed by atoms with van der Waals surface area (Å²) >= 11 is 6.15. The molecule has 3 fully saturated rings. The highest BCUT2D eigenvalue weighted by atomic mass is 35.5. The van der Waals surface area contributed by atoms with Crippen LogP contribution in [0.5, 0.6) is 0 Å². The van der Waals surface area contributed by atoms with E-state index in [-0.39, 0.29) is 53.3 Å². The van der Waals surface area contributed by atoms with Gasteiger partial charge in [-0.2, -0.15) is 4.98 Å². The number of benzene rings is 4. The number of hydrogen-bond acceptors (Lipinski definition) is 11. The Labute approximate surface area is 368 Å². The van der Waals surface area contributed by atoms with Crippen LogP contribution in [0.15, 0.2) is 103 Å². The van der Waals surface area contributed by atoms with Crippen LogP contribution in [0, 0.1) is 5.82 Å². The van der Waals surface area contributed by atoms with Gasteiger partial charge >= 0.3 is 0 Å². The van der Waals surface area contributed by atoms with E-state index in [1.165, 1.54) is 0 Å². The fraction of sp³-hybridized carbons (Fsp3) is 0.283. The van der Waals surface area contributed by atoms with Gasteiger partial charge in [-0.05, 0) is 97.6 Å². The van der Waals surface area contributed by atoms with Crippen molar-refractivity contribution in [3.05, 3.63) is 131 Å². The second kappa shape index (κ2) is 19.4. The van der Waals surface area contributed by atoms with E-state index in [0.29, 0.717) is 91.9 Å². The number of piperazine rings is 1. The van der Waals surface area contributed by atoms with Crippen LogP contribution in [0.1, 0.15) is 57.9 Å². The van der Waals surface area contributed by atoms with Crippen molar-refractivity contribution in [2.75, 3.05) is 66.7 Å². The number of imide groups is 1. The number of carbonyl (C=O) groups is 5. The van der Waals surface area contributed by atoms with Crippen molar-refractivity contribution in [2.45, 2.75) is 37.6 Å². The zero-order valence-electron chi connectivity index (χ0n) is 34.3. The molecule has 4 aromatic carbocycles. The summed E-state index contributed by atoms with van der Waals surface area (Å²) in [5, 5.41) is 14.7. The quantitative estimate of drug-likeness (QED) is 0.0919. The minimum Gasteiger partial charge on any atom is -0.368 e. The van der Waals surface area contributed by atoms with Crippen molar-refractivity contribution in [2.24, 2.45) is 0 Å². The predicted octanol–water partition coefficient (Wildman–Crippen LogP) is 6.07. The standard InChI is InChI=1S/C46H46ClFN10O5/c47-37-3-1-2-4-39(37)53-44(62)31-5-11-32(12-6-31)50-42-38(48)27-49-46(55-42)52-33-13-7-30(8-14-33)43(61)51-34-19-21-56(22-20-34)28-41(60)58-25-23-57(24-26-58)35-15-9-29(10-16-35)36-17-18-40(59)54-45(36)63/h1-16,27,34,36H,17-26,28H2,(H,51,61)(H,53,62)(H,54,59,63)(H2,49,50,52,55). The van der Waals surface area contributed by atoms with Crippen LogP contribution < -0.4 is 31.5 Å². The fourth-order valence-electron chi connectivity index (χ4n) is 7.89. The third-order valence-electron chi connectivity index (χ3n) is 11.5. The molecule has 0 bridgehead atoms. The molecule has 5 amide bonds. The first-order valence-electron chi connectivity index (χ1n) is 20.9. The number of hydrogen-bond donors (Lipinski definition) is 5. The summed E-state index contributed by atoms with van der Waals surface area (Å²) in [6.45, 7) is 4.39. The average molecular weight is 873 g/mol. The van der Waals surface area contributed by atoms with Gasteiger partial charge in [0.2, 0.25) is 23.7 Å². The molecule has 1 unspecified atom stereocenters. The molecule has 0 spiro atoms. The Kier molecular flexibility index (Phi) is 13.2. The van der Waals surface area contributed by atoms with Crippen molar-refractivity contribution >= 4 is 75.7 Å². The van der Waals surface area contributed by atoms with E-state index in [1.807, 2.05) is 29.2 Å². The van der Waals surface area contributed by atoms with Crippen molar-refractivity contribution in [1.29, 1.82) is 0 Å². The van der Waals surface area contributed by atoms with Gasteiger partial charge in [0, 0.05) is 79.9 Å². The molecular weight excluding hydrogens is 827 g/mol. The minimum absolute atomic E-state index is 0.0214. The summed E-state index contributed by atoms with van der Waals surface area (Å²) in [7, 11) is 0. The van der Waals surface area contributed by atoms with Crippen molar-refractivity contribution in [1.82, 2.24) is 30.4 Å². The van der Waals surface area contributed by atoms with Gasteiger partial charge in [0.15, 0.2) is 11.6 Å². The molecule has 5 N–H and O–H groups in total. The number of nitrogens with zero attached hydrogens (tertiary/aromatic N) is 5. The Bertz CT molecular complexity index is 2480. The maximum atomic E-state index is 14.7. The molecule has 5 aromatic rings. The normalized spacial score (nSPS) is 17.1. The number of anilines is 6. The van der Waals surface area contributed by atoms with Crippen LogP contribution in [0.25, 0.3) is 0 Å². The van der Waals surface area contributed by atoms with E-state index in [2.05, 4.69) is 46.4 Å². The first-order chi connectivity index (χ1) is 30.5. The van der Waals surface area contributed by atoms with Gasteiger partial charge in [-0.25, -0.2) is 9.37 Å². The zero-order chi connectivity index (χ0) is 43.9. The second-order valence-corrected chi connectivity index (χ2v) is 16.1. The highest BCUT2D eigenvalue weighted by Crippen LogP contribution is 2.28. The van der Waals surface area contributed by atoms with Gasteiger partial charge in [0.25, 0.3) is 11.8 Å². The van der Waals surface area contributed by atoms with E-state index in [0.717, 1.165) is 30.3 Å². The van der Waals surface area contributed by atoms with Crippen LogP contribution in [-0.2, 0) is 14.4 Å². The molecule has 1 atom stereocenters. The van der Waals surface area contributed by atoms with Crippen molar-refractivity contribution < 1.29 is 28.4 Å². The van der Waals surface area contributed by atoms with Crippen LogP contribution >= 0.6 is 11.6 Å². The van der Waals surface area contributed by atoms with Gasteiger partial charge in [0.05, 0.1) is 29.4 Å². The molecule has 324 valence electrons. The van der Waals surface area contributed by atoms with Crippen LogP contribution in [0.4, 0.5) is 38.9 Å². The van der Waals surface area contributed by atoms with Crippen LogP contribution in [0.3, 0.4) is 0 Å². The SMILES string of the molecule is O=C1CCC(c2ccc(N3CCN(C(=O)CN4CCC(NC(=O)c5ccc(Nc6ncc(F)c(Nc7ccc(C(=O)Nc8ccccc8Cl)cc7)n6)cc5)CC4)CC3)cc2)C(=O)N1. The molecule has 3 aliphatic rings. The second-order valence-electron chi connectivity index (χ2n) is 15.7. The largest absolute Gasteiger partial charge is 0.368 e. The molecule has 8 rings (SSSR count). The first kappa shape index (κ1) is 42.8. The van der Waals surface area contributed by atoms with Gasteiger partial charge in [-0.3, -0.25) is 34.2 Å². The van der Waals surface area contributed by atoms with E-state index in [9.17, 15) is 28.4 Å². The third kappa shape index (κ3) is 10.8. The van der Waals surface area contributed by atoms with E-state index < -0.39 is 5.82 Å². The monoisotopic (exact) mass is 872 g/mol. The zero-order valence-corrected chi connectivity index (χ0v) is 35.0. The number of halogens is 2. The van der Waals surface area contributed by atoms with Crippen LogP contribution in [-0.4, -0.2) is 101 Å². The van der Waals surface area contributed by atoms with E-state index in [1.54, 1.807) is 72.8 Å². The molecule has 4 heterocycles. The lowest BCUT2D eigenvalue weighted by molar-refractivity contribution is -0.134. The molecule has 0 saturated carbocycles. The third-order valence-corrected chi connectivity index (χ3v) is 11.8. The molecule has 1 aromatic heterocycles. The first-order valence-corrected chi connectivity index (χ1v) is 21.2. The van der Waals surface area contributed by atoms with Crippen molar-refractivity contribution in [3.8, 4) is 0 Å². The molecule has 63 heavy (non-hydrogen) atoms. The minimum atomic E-state index is -0.671.